The Morgan fingerprint density at radius 1 is 0.905 bits per heavy atom. The van der Waals surface area contributed by atoms with Crippen molar-refractivity contribution in [2.24, 2.45) is 0 Å². The highest BCUT2D eigenvalue weighted by Gasteiger charge is 2.22. The standard InChI is InChI=1S/C18H17N3/c1-2-6-15-13-16(9-8-14(15)5-1)21-12-11-20-18(21)17-7-3-4-10-19-17/h1-7,10-12,16H,8-9,13H2/t16-/m0/s1. The SMILES string of the molecule is c1ccc(-c2nccn2[C@H]2CCc3ccccc3C2)nc1. The van der Waals surface area contributed by atoms with Crippen molar-refractivity contribution in [1.82, 2.24) is 14.5 Å². The average molecular weight is 275 g/mol. The van der Waals surface area contributed by atoms with E-state index in [9.17, 15) is 0 Å². The summed E-state index contributed by atoms with van der Waals surface area (Å²) in [6.45, 7) is 0. The van der Waals surface area contributed by atoms with Crippen LogP contribution in [-0.2, 0) is 12.8 Å². The first-order valence-corrected chi connectivity index (χ1v) is 7.43. The van der Waals surface area contributed by atoms with Crippen LogP contribution in [0.3, 0.4) is 0 Å². The fraction of sp³-hybridized carbons (Fsp3) is 0.222. The molecule has 0 aliphatic heterocycles. The van der Waals surface area contributed by atoms with E-state index >= 15 is 0 Å². The quantitative estimate of drug-likeness (QED) is 0.714. The number of hydrogen-bond acceptors (Lipinski definition) is 2. The van der Waals surface area contributed by atoms with E-state index in [0.717, 1.165) is 30.8 Å². The van der Waals surface area contributed by atoms with Crippen molar-refractivity contribution in [3.8, 4) is 11.5 Å². The Bertz CT molecular complexity index is 746. The normalized spacial score (nSPS) is 17.4. The predicted molar refractivity (Wildman–Crippen MR) is 83.0 cm³/mol. The van der Waals surface area contributed by atoms with E-state index < -0.39 is 0 Å². The fourth-order valence-corrected chi connectivity index (χ4v) is 3.22. The minimum Gasteiger partial charge on any atom is -0.326 e. The van der Waals surface area contributed by atoms with Crippen molar-refractivity contribution < 1.29 is 0 Å². The Morgan fingerprint density at radius 2 is 1.76 bits per heavy atom. The Balaban J connectivity index is 1.69. The van der Waals surface area contributed by atoms with Crippen LogP contribution in [0.2, 0.25) is 0 Å². The molecule has 3 aromatic rings. The van der Waals surface area contributed by atoms with E-state index in [0.29, 0.717) is 6.04 Å². The lowest BCUT2D eigenvalue weighted by Crippen LogP contribution is -2.19. The van der Waals surface area contributed by atoms with Crippen molar-refractivity contribution in [2.45, 2.75) is 25.3 Å². The van der Waals surface area contributed by atoms with Gasteiger partial charge in [0, 0.05) is 24.6 Å². The van der Waals surface area contributed by atoms with E-state index in [1.165, 1.54) is 11.1 Å². The summed E-state index contributed by atoms with van der Waals surface area (Å²) in [6, 6.07) is 15.2. The van der Waals surface area contributed by atoms with Crippen molar-refractivity contribution in [1.29, 1.82) is 0 Å². The number of benzene rings is 1. The van der Waals surface area contributed by atoms with Gasteiger partial charge in [0.25, 0.3) is 0 Å². The zero-order chi connectivity index (χ0) is 14.1. The number of aryl methyl sites for hydroxylation is 1. The molecule has 2 heterocycles. The van der Waals surface area contributed by atoms with Gasteiger partial charge < -0.3 is 4.57 Å². The Hall–Kier alpha value is -2.42. The van der Waals surface area contributed by atoms with Gasteiger partial charge >= 0.3 is 0 Å². The molecule has 3 nitrogen and oxygen atoms in total. The molecule has 0 fully saturated rings. The highest BCUT2D eigenvalue weighted by atomic mass is 15.1. The van der Waals surface area contributed by atoms with Gasteiger partial charge in [-0.15, -0.1) is 0 Å². The first-order valence-electron chi connectivity index (χ1n) is 7.43. The Labute approximate surface area is 124 Å². The molecule has 3 heteroatoms. The van der Waals surface area contributed by atoms with Crippen LogP contribution in [0.4, 0.5) is 0 Å². The van der Waals surface area contributed by atoms with Crippen molar-refractivity contribution in [3.05, 3.63) is 72.2 Å². The molecule has 1 aliphatic carbocycles. The molecule has 0 saturated carbocycles. The van der Waals surface area contributed by atoms with Crippen LogP contribution < -0.4 is 0 Å². The second kappa shape index (κ2) is 5.17. The number of hydrogen-bond donors (Lipinski definition) is 0. The van der Waals surface area contributed by atoms with Gasteiger partial charge in [0.05, 0.1) is 0 Å². The van der Waals surface area contributed by atoms with Gasteiger partial charge in [-0.3, -0.25) is 4.98 Å². The summed E-state index contributed by atoms with van der Waals surface area (Å²) in [6.07, 6.45) is 9.16. The first kappa shape index (κ1) is 12.3. The number of rotatable bonds is 2. The molecular weight excluding hydrogens is 258 g/mol. The number of nitrogens with zero attached hydrogens (tertiary/aromatic N) is 3. The number of aromatic nitrogens is 3. The van der Waals surface area contributed by atoms with Crippen LogP contribution in [0.25, 0.3) is 11.5 Å². The summed E-state index contributed by atoms with van der Waals surface area (Å²) in [7, 11) is 0. The molecule has 1 atom stereocenters. The molecule has 0 amide bonds. The summed E-state index contributed by atoms with van der Waals surface area (Å²) in [5, 5.41) is 0. The third-order valence-electron chi connectivity index (χ3n) is 4.28. The largest absolute Gasteiger partial charge is 0.326 e. The number of imidazole rings is 1. The van der Waals surface area contributed by atoms with Crippen LogP contribution in [0.1, 0.15) is 23.6 Å². The lowest BCUT2D eigenvalue weighted by molar-refractivity contribution is 0.446. The van der Waals surface area contributed by atoms with Gasteiger partial charge in [0.2, 0.25) is 0 Å². The third kappa shape index (κ3) is 2.25. The molecule has 0 N–H and O–H groups in total. The zero-order valence-corrected chi connectivity index (χ0v) is 11.8. The maximum atomic E-state index is 4.52. The van der Waals surface area contributed by atoms with E-state index in [4.69, 9.17) is 0 Å². The van der Waals surface area contributed by atoms with Gasteiger partial charge in [0.1, 0.15) is 5.69 Å². The van der Waals surface area contributed by atoms with E-state index in [-0.39, 0.29) is 0 Å². The Morgan fingerprint density at radius 3 is 2.62 bits per heavy atom. The molecule has 0 saturated heterocycles. The fourth-order valence-electron chi connectivity index (χ4n) is 3.22. The molecular formula is C18H17N3. The molecule has 2 aromatic heterocycles. The molecule has 21 heavy (non-hydrogen) atoms. The molecule has 0 unspecified atom stereocenters. The smallest absolute Gasteiger partial charge is 0.158 e. The summed E-state index contributed by atoms with van der Waals surface area (Å²) in [5.41, 5.74) is 3.91. The van der Waals surface area contributed by atoms with Gasteiger partial charge in [-0.25, -0.2) is 4.98 Å². The number of fused-ring (bicyclic) bond motifs is 1. The van der Waals surface area contributed by atoms with Gasteiger partial charge in [0.15, 0.2) is 5.82 Å². The van der Waals surface area contributed by atoms with E-state index in [2.05, 4.69) is 45.0 Å². The average Bonchev–Trinajstić information content (AvgIpc) is 3.05. The summed E-state index contributed by atoms with van der Waals surface area (Å²) >= 11 is 0. The minimum atomic E-state index is 0.472. The first-order chi connectivity index (χ1) is 10.4. The van der Waals surface area contributed by atoms with E-state index in [1.807, 2.05) is 30.6 Å². The molecule has 0 radical (unpaired) electrons. The minimum absolute atomic E-state index is 0.472. The van der Waals surface area contributed by atoms with E-state index in [1.54, 1.807) is 0 Å². The predicted octanol–water partition coefficient (Wildman–Crippen LogP) is 3.68. The molecule has 1 aliphatic rings. The van der Waals surface area contributed by atoms with Crippen LogP contribution in [0, 0.1) is 0 Å². The van der Waals surface area contributed by atoms with Crippen molar-refractivity contribution >= 4 is 0 Å². The van der Waals surface area contributed by atoms with Gasteiger partial charge in [-0.05, 0) is 42.5 Å². The molecule has 4 rings (SSSR count). The highest BCUT2D eigenvalue weighted by Crippen LogP contribution is 2.31. The maximum Gasteiger partial charge on any atom is 0.158 e. The highest BCUT2D eigenvalue weighted by molar-refractivity contribution is 5.49. The van der Waals surface area contributed by atoms with Crippen LogP contribution >= 0.6 is 0 Å². The topological polar surface area (TPSA) is 30.7 Å². The van der Waals surface area contributed by atoms with Gasteiger partial charge in [-0.1, -0.05) is 30.3 Å². The molecule has 0 bridgehead atoms. The zero-order valence-electron chi connectivity index (χ0n) is 11.8. The molecule has 0 spiro atoms. The molecule has 1 aromatic carbocycles. The molecule has 104 valence electrons. The summed E-state index contributed by atoms with van der Waals surface area (Å²) < 4.78 is 2.29. The third-order valence-corrected chi connectivity index (χ3v) is 4.28. The van der Waals surface area contributed by atoms with Crippen LogP contribution in [-0.4, -0.2) is 14.5 Å². The van der Waals surface area contributed by atoms with Crippen molar-refractivity contribution in [2.75, 3.05) is 0 Å². The summed E-state index contributed by atoms with van der Waals surface area (Å²) in [5.74, 6) is 0.972. The number of pyridine rings is 1. The lowest BCUT2D eigenvalue weighted by atomic mass is 9.88. The van der Waals surface area contributed by atoms with Crippen LogP contribution in [0.15, 0.2) is 61.1 Å². The van der Waals surface area contributed by atoms with Crippen LogP contribution in [0.5, 0.6) is 0 Å². The Kier molecular flexibility index (Phi) is 3.03. The second-order valence-electron chi connectivity index (χ2n) is 5.54. The summed E-state index contributed by atoms with van der Waals surface area (Å²) in [4.78, 5) is 8.96. The second-order valence-corrected chi connectivity index (χ2v) is 5.54. The van der Waals surface area contributed by atoms with Crippen molar-refractivity contribution in [3.63, 3.8) is 0 Å². The maximum absolute atomic E-state index is 4.52. The lowest BCUT2D eigenvalue weighted by Gasteiger charge is -2.26. The van der Waals surface area contributed by atoms with Gasteiger partial charge in [-0.2, -0.15) is 0 Å². The monoisotopic (exact) mass is 275 g/mol.